The summed E-state index contributed by atoms with van der Waals surface area (Å²) in [6.07, 6.45) is 0.877. The predicted molar refractivity (Wildman–Crippen MR) is 94.9 cm³/mol. The van der Waals surface area contributed by atoms with Gasteiger partial charge in [0.2, 0.25) is 11.7 Å². The molecule has 3 aromatic rings. The maximum absolute atomic E-state index is 12.2. The molecule has 0 unspecified atom stereocenters. The number of benzene rings is 1. The van der Waals surface area contributed by atoms with E-state index in [4.69, 9.17) is 16.1 Å². The SMILES string of the molecule is O=S(=O)(CCCc1nc(-c2cccs2)no1)Cc1cccc(Cl)c1. The number of nitrogens with zero attached hydrogens (tertiary/aromatic N) is 2. The van der Waals surface area contributed by atoms with Crippen molar-refractivity contribution >= 4 is 32.8 Å². The van der Waals surface area contributed by atoms with Crippen molar-refractivity contribution in [3.05, 3.63) is 58.3 Å². The molecule has 0 aliphatic carbocycles. The second-order valence-corrected chi connectivity index (χ2v) is 8.88. The fraction of sp³-hybridized carbons (Fsp3) is 0.250. The topological polar surface area (TPSA) is 73.1 Å². The molecule has 0 atom stereocenters. The first-order valence-corrected chi connectivity index (χ1v) is 10.4. The molecule has 0 bridgehead atoms. The highest BCUT2D eigenvalue weighted by Crippen LogP contribution is 2.21. The minimum Gasteiger partial charge on any atom is -0.339 e. The molecule has 3 rings (SSSR count). The first kappa shape index (κ1) is 17.1. The van der Waals surface area contributed by atoms with Gasteiger partial charge < -0.3 is 4.52 Å². The zero-order valence-corrected chi connectivity index (χ0v) is 15.1. The smallest absolute Gasteiger partial charge is 0.227 e. The summed E-state index contributed by atoms with van der Waals surface area (Å²) in [5.41, 5.74) is 0.695. The number of halogens is 1. The van der Waals surface area contributed by atoms with Gasteiger partial charge in [-0.1, -0.05) is 35.0 Å². The van der Waals surface area contributed by atoms with E-state index in [1.165, 1.54) is 11.3 Å². The minimum atomic E-state index is -3.20. The molecule has 0 saturated heterocycles. The predicted octanol–water partition coefficient (Wildman–Crippen LogP) is 4.00. The molecule has 2 aromatic heterocycles. The summed E-state index contributed by atoms with van der Waals surface area (Å²) >= 11 is 7.41. The van der Waals surface area contributed by atoms with Crippen molar-refractivity contribution in [2.24, 2.45) is 0 Å². The van der Waals surface area contributed by atoms with Crippen LogP contribution in [0.25, 0.3) is 10.7 Å². The number of hydrogen-bond acceptors (Lipinski definition) is 6. The molecule has 0 amide bonds. The molecule has 126 valence electrons. The van der Waals surface area contributed by atoms with Crippen LogP contribution < -0.4 is 0 Å². The Hall–Kier alpha value is -1.70. The molecule has 24 heavy (non-hydrogen) atoms. The lowest BCUT2D eigenvalue weighted by Gasteiger charge is -2.04. The van der Waals surface area contributed by atoms with Gasteiger partial charge >= 0.3 is 0 Å². The van der Waals surface area contributed by atoms with E-state index < -0.39 is 9.84 Å². The monoisotopic (exact) mass is 382 g/mol. The highest BCUT2D eigenvalue weighted by atomic mass is 35.5. The quantitative estimate of drug-likeness (QED) is 0.617. The van der Waals surface area contributed by atoms with Crippen molar-refractivity contribution in [1.29, 1.82) is 0 Å². The fourth-order valence-electron chi connectivity index (χ4n) is 2.26. The normalized spacial score (nSPS) is 11.7. The van der Waals surface area contributed by atoms with Crippen LogP contribution in [0.15, 0.2) is 46.3 Å². The highest BCUT2D eigenvalue weighted by Gasteiger charge is 2.14. The third-order valence-electron chi connectivity index (χ3n) is 3.33. The second-order valence-electron chi connectivity index (χ2n) is 5.31. The van der Waals surface area contributed by atoms with E-state index in [-0.39, 0.29) is 11.5 Å². The summed E-state index contributed by atoms with van der Waals surface area (Å²) in [7, 11) is -3.20. The van der Waals surface area contributed by atoms with Crippen LogP contribution >= 0.6 is 22.9 Å². The number of sulfone groups is 1. The standard InChI is InChI=1S/C16H15ClN2O3S2/c17-13-5-1-4-12(10-13)11-24(20,21)9-3-7-15-18-16(19-22-15)14-6-2-8-23-14/h1-2,4-6,8,10H,3,7,9,11H2. The second kappa shape index (κ2) is 7.46. The number of aromatic nitrogens is 2. The molecule has 8 heteroatoms. The van der Waals surface area contributed by atoms with Gasteiger partial charge in [-0.3, -0.25) is 0 Å². The largest absolute Gasteiger partial charge is 0.339 e. The van der Waals surface area contributed by atoms with Gasteiger partial charge in [0.05, 0.1) is 16.4 Å². The lowest BCUT2D eigenvalue weighted by Crippen LogP contribution is -2.10. The molecule has 0 radical (unpaired) electrons. The molecule has 0 saturated carbocycles. The van der Waals surface area contributed by atoms with Crippen LogP contribution in [0.5, 0.6) is 0 Å². The first-order valence-electron chi connectivity index (χ1n) is 7.33. The summed E-state index contributed by atoms with van der Waals surface area (Å²) in [6, 6.07) is 10.7. The van der Waals surface area contributed by atoms with E-state index in [1.807, 2.05) is 17.5 Å². The zero-order valence-electron chi connectivity index (χ0n) is 12.7. The third kappa shape index (κ3) is 4.66. The van der Waals surface area contributed by atoms with Crippen LogP contribution in [0, 0.1) is 0 Å². The Morgan fingerprint density at radius 1 is 1.21 bits per heavy atom. The van der Waals surface area contributed by atoms with E-state index in [1.54, 1.807) is 24.3 Å². The van der Waals surface area contributed by atoms with Crippen LogP contribution in [-0.4, -0.2) is 24.3 Å². The Morgan fingerprint density at radius 2 is 2.08 bits per heavy atom. The van der Waals surface area contributed by atoms with Gasteiger partial charge in [0, 0.05) is 11.4 Å². The Balaban J connectivity index is 1.54. The summed E-state index contributed by atoms with van der Waals surface area (Å²) in [5, 5.41) is 6.39. The molecule has 2 heterocycles. The molecule has 0 spiro atoms. The average molecular weight is 383 g/mol. The van der Waals surface area contributed by atoms with Gasteiger partial charge in [0.25, 0.3) is 0 Å². The van der Waals surface area contributed by atoms with Crippen molar-refractivity contribution in [3.63, 3.8) is 0 Å². The van der Waals surface area contributed by atoms with Crippen LogP contribution in [0.1, 0.15) is 17.9 Å². The van der Waals surface area contributed by atoms with E-state index in [0.717, 1.165) is 4.88 Å². The lowest BCUT2D eigenvalue weighted by molar-refractivity contribution is 0.378. The number of aryl methyl sites for hydroxylation is 1. The third-order valence-corrected chi connectivity index (χ3v) is 6.12. The van der Waals surface area contributed by atoms with E-state index in [0.29, 0.717) is 35.1 Å². The van der Waals surface area contributed by atoms with Crippen LogP contribution in [0.2, 0.25) is 5.02 Å². The van der Waals surface area contributed by atoms with Gasteiger partial charge in [-0.25, -0.2) is 8.42 Å². The van der Waals surface area contributed by atoms with E-state index in [9.17, 15) is 8.42 Å². The summed E-state index contributed by atoms with van der Waals surface area (Å²) in [5.74, 6) is 1.05. The summed E-state index contributed by atoms with van der Waals surface area (Å²) < 4.78 is 29.5. The Morgan fingerprint density at radius 3 is 2.83 bits per heavy atom. The zero-order chi connectivity index (χ0) is 17.0. The fourth-order valence-corrected chi connectivity index (χ4v) is 4.54. The number of thiophene rings is 1. The van der Waals surface area contributed by atoms with E-state index in [2.05, 4.69) is 10.1 Å². The van der Waals surface area contributed by atoms with Crippen molar-refractivity contribution in [1.82, 2.24) is 10.1 Å². The molecule has 0 fully saturated rings. The Kier molecular flexibility index (Phi) is 5.33. The number of rotatable bonds is 7. The Labute approximate surface area is 149 Å². The van der Waals surface area contributed by atoms with Gasteiger partial charge in [-0.05, 0) is 35.6 Å². The summed E-state index contributed by atoms with van der Waals surface area (Å²) in [4.78, 5) is 5.22. The molecular formula is C16H15ClN2O3S2. The molecule has 1 aromatic carbocycles. The van der Waals surface area contributed by atoms with E-state index >= 15 is 0 Å². The lowest BCUT2D eigenvalue weighted by atomic mass is 10.2. The molecule has 0 aliphatic rings. The molecular weight excluding hydrogens is 368 g/mol. The molecule has 5 nitrogen and oxygen atoms in total. The Bertz CT molecular complexity index is 905. The van der Waals surface area contributed by atoms with Crippen molar-refractivity contribution in [2.45, 2.75) is 18.6 Å². The van der Waals surface area contributed by atoms with Crippen molar-refractivity contribution < 1.29 is 12.9 Å². The highest BCUT2D eigenvalue weighted by molar-refractivity contribution is 7.90. The van der Waals surface area contributed by atoms with Gasteiger partial charge in [-0.15, -0.1) is 11.3 Å². The first-order chi connectivity index (χ1) is 11.5. The maximum atomic E-state index is 12.2. The van der Waals surface area contributed by atoms with Crippen molar-refractivity contribution in [2.75, 3.05) is 5.75 Å². The van der Waals surface area contributed by atoms with Crippen LogP contribution in [0.4, 0.5) is 0 Å². The molecule has 0 aliphatic heterocycles. The van der Waals surface area contributed by atoms with Gasteiger partial charge in [0.1, 0.15) is 0 Å². The van der Waals surface area contributed by atoms with Crippen LogP contribution in [-0.2, 0) is 22.0 Å². The maximum Gasteiger partial charge on any atom is 0.227 e. The minimum absolute atomic E-state index is 0.0160. The number of hydrogen-bond donors (Lipinski definition) is 0. The van der Waals surface area contributed by atoms with Gasteiger partial charge in [0.15, 0.2) is 9.84 Å². The van der Waals surface area contributed by atoms with Gasteiger partial charge in [-0.2, -0.15) is 4.98 Å². The average Bonchev–Trinajstić information content (AvgIpc) is 3.17. The van der Waals surface area contributed by atoms with Crippen LogP contribution in [0.3, 0.4) is 0 Å². The molecule has 0 N–H and O–H groups in total. The van der Waals surface area contributed by atoms with Crippen molar-refractivity contribution in [3.8, 4) is 10.7 Å². The summed E-state index contributed by atoms with van der Waals surface area (Å²) in [6.45, 7) is 0.